The summed E-state index contributed by atoms with van der Waals surface area (Å²) in [6, 6.07) is 8.81. The van der Waals surface area contributed by atoms with Crippen LogP contribution in [0.3, 0.4) is 0 Å². The van der Waals surface area contributed by atoms with Crippen LogP contribution in [0.2, 0.25) is 0 Å². The summed E-state index contributed by atoms with van der Waals surface area (Å²) >= 11 is 0. The topological polar surface area (TPSA) is 21.3 Å². The molecule has 0 bridgehead atoms. The second-order valence-corrected chi connectivity index (χ2v) is 4.87. The standard InChI is InChI=1S/C14H21NO/c1-3-9-15-13-6-4-12(5-7-13)14(2)8-10-16-11-14/h4-7,15H,3,8-11H2,1-2H3. The minimum absolute atomic E-state index is 0.225. The molecule has 1 aliphatic heterocycles. The maximum Gasteiger partial charge on any atom is 0.0561 e. The molecule has 16 heavy (non-hydrogen) atoms. The highest BCUT2D eigenvalue weighted by Crippen LogP contribution is 2.32. The first-order valence-corrected chi connectivity index (χ1v) is 6.17. The van der Waals surface area contributed by atoms with Gasteiger partial charge >= 0.3 is 0 Å². The van der Waals surface area contributed by atoms with Crippen LogP contribution in [-0.2, 0) is 10.2 Å². The van der Waals surface area contributed by atoms with Gasteiger partial charge in [-0.25, -0.2) is 0 Å². The lowest BCUT2D eigenvalue weighted by atomic mass is 9.82. The highest BCUT2D eigenvalue weighted by molar-refractivity contribution is 5.46. The molecule has 2 rings (SSSR count). The van der Waals surface area contributed by atoms with Gasteiger partial charge in [-0.1, -0.05) is 26.0 Å². The number of benzene rings is 1. The predicted molar refractivity (Wildman–Crippen MR) is 68.0 cm³/mol. The van der Waals surface area contributed by atoms with Crippen LogP contribution in [0.25, 0.3) is 0 Å². The Hall–Kier alpha value is -1.02. The molecule has 1 aromatic carbocycles. The van der Waals surface area contributed by atoms with Crippen molar-refractivity contribution in [3.05, 3.63) is 29.8 Å². The Labute approximate surface area is 98.0 Å². The van der Waals surface area contributed by atoms with Gasteiger partial charge in [0.15, 0.2) is 0 Å². The molecule has 1 N–H and O–H groups in total. The Morgan fingerprint density at radius 2 is 2.06 bits per heavy atom. The largest absolute Gasteiger partial charge is 0.385 e. The molecular formula is C14H21NO. The molecule has 1 saturated heterocycles. The molecule has 2 heteroatoms. The van der Waals surface area contributed by atoms with Crippen LogP contribution in [0, 0.1) is 0 Å². The quantitative estimate of drug-likeness (QED) is 0.839. The van der Waals surface area contributed by atoms with Crippen LogP contribution in [0.15, 0.2) is 24.3 Å². The zero-order chi connectivity index (χ0) is 11.4. The minimum Gasteiger partial charge on any atom is -0.385 e. The first-order valence-electron chi connectivity index (χ1n) is 6.17. The first-order chi connectivity index (χ1) is 7.74. The maximum atomic E-state index is 5.49. The number of ether oxygens (including phenoxy) is 1. The lowest BCUT2D eigenvalue weighted by Gasteiger charge is -2.22. The molecule has 0 aromatic heterocycles. The molecule has 0 radical (unpaired) electrons. The average Bonchev–Trinajstić information content (AvgIpc) is 2.75. The van der Waals surface area contributed by atoms with Gasteiger partial charge in [0.25, 0.3) is 0 Å². The normalized spacial score (nSPS) is 24.6. The van der Waals surface area contributed by atoms with E-state index in [-0.39, 0.29) is 5.41 Å². The third kappa shape index (κ3) is 2.38. The number of hydrogen-bond donors (Lipinski definition) is 1. The number of nitrogens with one attached hydrogen (secondary N) is 1. The van der Waals surface area contributed by atoms with Gasteiger partial charge in [-0.05, 0) is 30.5 Å². The molecule has 0 aliphatic carbocycles. The summed E-state index contributed by atoms with van der Waals surface area (Å²) in [4.78, 5) is 0. The fourth-order valence-corrected chi connectivity index (χ4v) is 2.15. The van der Waals surface area contributed by atoms with Crippen molar-refractivity contribution >= 4 is 5.69 Å². The molecule has 0 spiro atoms. The van der Waals surface area contributed by atoms with Crippen LogP contribution < -0.4 is 5.32 Å². The number of hydrogen-bond acceptors (Lipinski definition) is 2. The third-order valence-electron chi connectivity index (χ3n) is 3.38. The highest BCUT2D eigenvalue weighted by Gasteiger charge is 2.31. The lowest BCUT2D eigenvalue weighted by molar-refractivity contribution is 0.181. The van der Waals surface area contributed by atoms with Gasteiger partial charge in [0.2, 0.25) is 0 Å². The van der Waals surface area contributed by atoms with Crippen LogP contribution in [0.1, 0.15) is 32.3 Å². The van der Waals surface area contributed by atoms with Crippen molar-refractivity contribution in [2.45, 2.75) is 32.1 Å². The Morgan fingerprint density at radius 1 is 1.31 bits per heavy atom. The van der Waals surface area contributed by atoms with E-state index in [1.165, 1.54) is 11.3 Å². The zero-order valence-corrected chi connectivity index (χ0v) is 10.3. The lowest BCUT2D eigenvalue weighted by Crippen LogP contribution is -2.21. The second kappa shape index (κ2) is 4.88. The summed E-state index contributed by atoms with van der Waals surface area (Å²) in [6.45, 7) is 7.26. The Morgan fingerprint density at radius 3 is 2.62 bits per heavy atom. The van der Waals surface area contributed by atoms with E-state index in [9.17, 15) is 0 Å². The van der Waals surface area contributed by atoms with Crippen LogP contribution in [0.4, 0.5) is 5.69 Å². The highest BCUT2D eigenvalue weighted by atomic mass is 16.5. The monoisotopic (exact) mass is 219 g/mol. The van der Waals surface area contributed by atoms with E-state index in [1.54, 1.807) is 0 Å². The summed E-state index contributed by atoms with van der Waals surface area (Å²) < 4.78 is 5.49. The smallest absolute Gasteiger partial charge is 0.0561 e. The number of rotatable bonds is 4. The van der Waals surface area contributed by atoms with E-state index in [4.69, 9.17) is 4.74 Å². The van der Waals surface area contributed by atoms with E-state index < -0.39 is 0 Å². The third-order valence-corrected chi connectivity index (χ3v) is 3.38. The summed E-state index contributed by atoms with van der Waals surface area (Å²) in [5.41, 5.74) is 2.84. The fourth-order valence-electron chi connectivity index (χ4n) is 2.15. The van der Waals surface area contributed by atoms with Crippen molar-refractivity contribution in [1.29, 1.82) is 0 Å². The number of anilines is 1. The Balaban J connectivity index is 2.06. The molecule has 0 saturated carbocycles. The van der Waals surface area contributed by atoms with Gasteiger partial charge < -0.3 is 10.1 Å². The van der Waals surface area contributed by atoms with Crippen molar-refractivity contribution in [3.63, 3.8) is 0 Å². The van der Waals surface area contributed by atoms with Crippen LogP contribution in [0.5, 0.6) is 0 Å². The predicted octanol–water partition coefficient (Wildman–Crippen LogP) is 3.19. The van der Waals surface area contributed by atoms with Gasteiger partial charge in [0.05, 0.1) is 6.61 Å². The van der Waals surface area contributed by atoms with Gasteiger partial charge in [-0.2, -0.15) is 0 Å². The van der Waals surface area contributed by atoms with E-state index in [0.29, 0.717) is 0 Å². The maximum absolute atomic E-state index is 5.49. The van der Waals surface area contributed by atoms with Crippen LogP contribution in [-0.4, -0.2) is 19.8 Å². The molecular weight excluding hydrogens is 198 g/mol. The van der Waals surface area contributed by atoms with E-state index >= 15 is 0 Å². The van der Waals surface area contributed by atoms with Crippen molar-refractivity contribution in [2.24, 2.45) is 0 Å². The van der Waals surface area contributed by atoms with Crippen molar-refractivity contribution in [3.8, 4) is 0 Å². The minimum atomic E-state index is 0.225. The van der Waals surface area contributed by atoms with Crippen molar-refractivity contribution in [2.75, 3.05) is 25.1 Å². The van der Waals surface area contributed by atoms with Crippen LogP contribution >= 0.6 is 0 Å². The molecule has 1 atom stereocenters. The molecule has 88 valence electrons. The first kappa shape index (κ1) is 11.5. The molecule has 1 fully saturated rings. The Kier molecular flexibility index (Phi) is 3.49. The summed E-state index contributed by atoms with van der Waals surface area (Å²) in [5.74, 6) is 0. The van der Waals surface area contributed by atoms with E-state index in [1.807, 2.05) is 0 Å². The zero-order valence-electron chi connectivity index (χ0n) is 10.3. The molecule has 1 aromatic rings. The molecule has 1 heterocycles. The fraction of sp³-hybridized carbons (Fsp3) is 0.571. The average molecular weight is 219 g/mol. The SMILES string of the molecule is CCCNc1ccc(C2(C)CCOC2)cc1. The molecule has 1 unspecified atom stereocenters. The van der Waals surface area contributed by atoms with E-state index in [0.717, 1.165) is 32.6 Å². The second-order valence-electron chi connectivity index (χ2n) is 4.87. The molecule has 0 amide bonds. The van der Waals surface area contributed by atoms with E-state index in [2.05, 4.69) is 43.4 Å². The summed E-state index contributed by atoms with van der Waals surface area (Å²) in [6.07, 6.45) is 2.29. The van der Waals surface area contributed by atoms with Crippen molar-refractivity contribution in [1.82, 2.24) is 0 Å². The summed E-state index contributed by atoms with van der Waals surface area (Å²) in [5, 5.41) is 3.39. The van der Waals surface area contributed by atoms with Crippen molar-refractivity contribution < 1.29 is 4.74 Å². The van der Waals surface area contributed by atoms with Gasteiger partial charge in [-0.3, -0.25) is 0 Å². The van der Waals surface area contributed by atoms with Gasteiger partial charge in [-0.15, -0.1) is 0 Å². The Bertz CT molecular complexity index is 325. The molecule has 2 nitrogen and oxygen atoms in total. The van der Waals surface area contributed by atoms with Gasteiger partial charge in [0.1, 0.15) is 0 Å². The summed E-state index contributed by atoms with van der Waals surface area (Å²) in [7, 11) is 0. The van der Waals surface area contributed by atoms with Gasteiger partial charge in [0, 0.05) is 24.3 Å². The molecule has 1 aliphatic rings.